The van der Waals surface area contributed by atoms with Crippen molar-refractivity contribution in [2.75, 3.05) is 14.2 Å². The van der Waals surface area contributed by atoms with Crippen molar-refractivity contribution in [1.82, 2.24) is 0 Å². The molecule has 5 aromatic rings. The first-order valence-corrected chi connectivity index (χ1v) is 16.9. The molecule has 4 aromatic carbocycles. The summed E-state index contributed by atoms with van der Waals surface area (Å²) in [5.41, 5.74) is 12.4. The van der Waals surface area contributed by atoms with Crippen molar-refractivity contribution in [3.05, 3.63) is 101 Å². The molecule has 0 spiro atoms. The Hall–Kier alpha value is -5.48. The zero-order valence-electron chi connectivity index (χ0n) is 31.7. The highest BCUT2D eigenvalue weighted by Crippen LogP contribution is 2.45. The van der Waals surface area contributed by atoms with E-state index >= 15 is 0 Å². The third-order valence-electron chi connectivity index (χ3n) is 11.0. The molecule has 0 aliphatic carbocycles. The Bertz CT molecular complexity index is 2290. The molecule has 0 bridgehead atoms. The van der Waals surface area contributed by atoms with Crippen molar-refractivity contribution in [2.45, 2.75) is 96.3 Å². The van der Waals surface area contributed by atoms with Crippen LogP contribution in [0, 0.1) is 69.2 Å². The van der Waals surface area contributed by atoms with Crippen molar-refractivity contribution in [1.29, 1.82) is 0 Å². The average Bonchev–Trinajstić information content (AvgIpc) is 3.08. The lowest BCUT2D eigenvalue weighted by molar-refractivity contribution is -0.00153. The summed E-state index contributed by atoms with van der Waals surface area (Å²) in [4.78, 5) is 25.9. The van der Waals surface area contributed by atoms with Gasteiger partial charge in [-0.05, 0) is 125 Å². The number of phenols is 4. The molecule has 2 atom stereocenters. The first-order valence-electron chi connectivity index (χ1n) is 16.9. The summed E-state index contributed by atoms with van der Waals surface area (Å²) in [6, 6.07) is 4.90. The van der Waals surface area contributed by atoms with Gasteiger partial charge in [0.05, 0.1) is 7.11 Å². The van der Waals surface area contributed by atoms with Gasteiger partial charge in [-0.1, -0.05) is 14.9 Å². The van der Waals surface area contributed by atoms with Gasteiger partial charge in [0, 0.05) is 42.5 Å². The van der Waals surface area contributed by atoms with Crippen LogP contribution >= 0.6 is 0 Å². The number of methoxy groups -OCH3 is 2. The van der Waals surface area contributed by atoms with Crippen LogP contribution in [0.4, 0.5) is 0 Å². The summed E-state index contributed by atoms with van der Waals surface area (Å²) in [5, 5.41) is 39.7. The largest absolute Gasteiger partial charge is 0.508 e. The Morgan fingerprint density at radius 2 is 1.06 bits per heavy atom. The molecule has 1 aromatic heterocycles. The molecule has 0 saturated heterocycles. The third kappa shape index (κ3) is 6.86. The monoisotopic (exact) mass is 742 g/mol. The number of ether oxygens (including phenoxy) is 3. The minimum atomic E-state index is -0.878. The molecular formula is C44H54O10. The lowest BCUT2D eigenvalue weighted by Gasteiger charge is -2.35. The molecule has 2 heterocycles. The molecule has 0 saturated carbocycles. The Balaban J connectivity index is 0.000000280. The number of hydrogen-bond acceptors (Lipinski definition) is 10. The average molecular weight is 743 g/mol. The predicted molar refractivity (Wildman–Crippen MR) is 213 cm³/mol. The Labute approximate surface area is 317 Å². The van der Waals surface area contributed by atoms with E-state index in [-0.39, 0.29) is 71.7 Å². The third-order valence-corrected chi connectivity index (χ3v) is 11.0. The first kappa shape index (κ1) is 42.9. The normalized spacial score (nSPS) is 14.6. The summed E-state index contributed by atoms with van der Waals surface area (Å²) in [5.74, 6) is -0.846. The standard InChI is InChI=1S/C21H24O5.C21H22O5.2CH4/c2*1-9-10(2)12(4)17(13(5)11(9)3)20-21(25-6)19(24)18-15(23)7-14(22)8-16(18)26-20;;/h7-8,20-23H,1-6H3;7-8,22-23H,1-6H3;2*1H4. The highest BCUT2D eigenvalue weighted by Gasteiger charge is 2.42. The van der Waals surface area contributed by atoms with Crippen molar-refractivity contribution in [3.63, 3.8) is 0 Å². The summed E-state index contributed by atoms with van der Waals surface area (Å²) in [6.45, 7) is 20.3. The molecule has 10 nitrogen and oxygen atoms in total. The minimum Gasteiger partial charge on any atom is -0.508 e. The number of Topliss-reactive ketones (excluding diaryl/α,β-unsaturated/α-hetero) is 1. The zero-order valence-corrected chi connectivity index (χ0v) is 31.7. The summed E-state index contributed by atoms with van der Waals surface area (Å²) in [7, 11) is 2.86. The van der Waals surface area contributed by atoms with Crippen LogP contribution in [0.1, 0.15) is 92.5 Å². The maximum Gasteiger partial charge on any atom is 0.239 e. The van der Waals surface area contributed by atoms with E-state index < -0.39 is 17.6 Å². The Morgan fingerprint density at radius 3 is 1.56 bits per heavy atom. The van der Waals surface area contributed by atoms with Gasteiger partial charge in [0.15, 0.2) is 18.0 Å². The fourth-order valence-corrected chi connectivity index (χ4v) is 7.26. The van der Waals surface area contributed by atoms with Crippen LogP contribution in [0.25, 0.3) is 22.3 Å². The first-order chi connectivity index (χ1) is 24.4. The molecule has 6 rings (SSSR count). The van der Waals surface area contributed by atoms with Crippen molar-refractivity contribution >= 4 is 16.8 Å². The van der Waals surface area contributed by atoms with Crippen molar-refractivity contribution < 1.29 is 43.8 Å². The SMILES string of the molecule is C.C.COC1C(=O)c2c(O)cc(O)cc2OC1c1c(C)c(C)c(C)c(C)c1C.COc1c(-c2c(C)c(C)c(C)c(C)c2C)oc2cc(O)cc(O)c2c1=O. The van der Waals surface area contributed by atoms with Crippen LogP contribution in [-0.2, 0) is 4.74 Å². The quantitative estimate of drug-likeness (QED) is 0.140. The second-order valence-electron chi connectivity index (χ2n) is 13.6. The van der Waals surface area contributed by atoms with E-state index in [0.717, 1.165) is 67.8 Å². The molecule has 54 heavy (non-hydrogen) atoms. The number of aromatic hydroxyl groups is 4. The van der Waals surface area contributed by atoms with Gasteiger partial charge in [-0.25, -0.2) is 0 Å². The van der Waals surface area contributed by atoms with E-state index in [1.807, 2.05) is 41.5 Å². The van der Waals surface area contributed by atoms with E-state index in [1.54, 1.807) is 0 Å². The summed E-state index contributed by atoms with van der Waals surface area (Å²) < 4.78 is 22.9. The van der Waals surface area contributed by atoms with Crippen molar-refractivity contribution in [3.8, 4) is 45.8 Å². The molecule has 0 radical (unpaired) electrons. The molecule has 290 valence electrons. The maximum absolute atomic E-state index is 13.0. The molecule has 1 aliphatic heterocycles. The Morgan fingerprint density at radius 1 is 0.593 bits per heavy atom. The number of ketones is 1. The second kappa shape index (κ2) is 15.9. The number of carbonyl (C=O) groups is 1. The fourth-order valence-electron chi connectivity index (χ4n) is 7.26. The van der Waals surface area contributed by atoms with Crippen LogP contribution in [0.3, 0.4) is 0 Å². The van der Waals surface area contributed by atoms with Crippen LogP contribution < -0.4 is 14.9 Å². The van der Waals surface area contributed by atoms with E-state index in [4.69, 9.17) is 18.6 Å². The summed E-state index contributed by atoms with van der Waals surface area (Å²) in [6.07, 6.45) is -1.53. The number of hydrogen-bond donors (Lipinski definition) is 4. The van der Waals surface area contributed by atoms with E-state index in [9.17, 15) is 30.0 Å². The van der Waals surface area contributed by atoms with Gasteiger partial charge < -0.3 is 39.1 Å². The van der Waals surface area contributed by atoms with Gasteiger partial charge in [0.25, 0.3) is 0 Å². The van der Waals surface area contributed by atoms with Crippen molar-refractivity contribution in [2.24, 2.45) is 0 Å². The summed E-state index contributed by atoms with van der Waals surface area (Å²) >= 11 is 0. The number of phenolic OH excluding ortho intramolecular Hbond substituents is 4. The van der Waals surface area contributed by atoms with Gasteiger partial charge in [-0.3, -0.25) is 9.59 Å². The van der Waals surface area contributed by atoms with Gasteiger partial charge >= 0.3 is 0 Å². The molecule has 10 heteroatoms. The molecule has 4 N–H and O–H groups in total. The molecule has 2 unspecified atom stereocenters. The smallest absolute Gasteiger partial charge is 0.239 e. The highest BCUT2D eigenvalue weighted by atomic mass is 16.5. The molecule has 0 fully saturated rings. The van der Waals surface area contributed by atoms with Gasteiger partial charge in [0.1, 0.15) is 45.3 Å². The van der Waals surface area contributed by atoms with Crippen LogP contribution in [0.2, 0.25) is 0 Å². The molecular weight excluding hydrogens is 688 g/mol. The van der Waals surface area contributed by atoms with Crippen LogP contribution in [0.15, 0.2) is 33.5 Å². The molecule has 0 amide bonds. The number of fused-ring (bicyclic) bond motifs is 2. The number of rotatable bonds is 4. The minimum absolute atomic E-state index is 0. The van der Waals surface area contributed by atoms with Crippen LogP contribution in [-0.4, -0.2) is 46.5 Å². The van der Waals surface area contributed by atoms with E-state index in [2.05, 4.69) is 27.7 Å². The van der Waals surface area contributed by atoms with Gasteiger partial charge in [-0.15, -0.1) is 0 Å². The second-order valence-corrected chi connectivity index (χ2v) is 13.6. The van der Waals surface area contributed by atoms with Crippen LogP contribution in [0.5, 0.6) is 34.5 Å². The maximum atomic E-state index is 13.0. The van der Waals surface area contributed by atoms with E-state index in [1.165, 1.54) is 37.5 Å². The lowest BCUT2D eigenvalue weighted by Crippen LogP contribution is -2.38. The number of benzene rings is 4. The Kier molecular flexibility index (Phi) is 12.6. The van der Waals surface area contributed by atoms with E-state index in [0.29, 0.717) is 5.76 Å². The fraction of sp³-hybridized carbons (Fsp3) is 0.364. The lowest BCUT2D eigenvalue weighted by atomic mass is 9.83. The predicted octanol–water partition coefficient (Wildman–Crippen LogP) is 9.67. The zero-order chi connectivity index (χ0) is 38.7. The van der Waals surface area contributed by atoms with Gasteiger partial charge in [0.2, 0.25) is 17.0 Å². The highest BCUT2D eigenvalue weighted by molar-refractivity contribution is 6.06. The number of carbonyl (C=O) groups excluding carboxylic acids is 1. The topological polar surface area (TPSA) is 156 Å². The van der Waals surface area contributed by atoms with Gasteiger partial charge in [-0.2, -0.15) is 0 Å². The molecule has 1 aliphatic rings.